The van der Waals surface area contributed by atoms with Crippen molar-refractivity contribution >= 4 is 21.6 Å². The number of benzene rings is 1. The van der Waals surface area contributed by atoms with E-state index in [2.05, 4.69) is 10.0 Å². The summed E-state index contributed by atoms with van der Waals surface area (Å²) in [5.74, 6) is 0.0726. The number of amides is 1. The summed E-state index contributed by atoms with van der Waals surface area (Å²) in [5, 5.41) is 3.25. The summed E-state index contributed by atoms with van der Waals surface area (Å²) in [5.41, 5.74) is 1.06. The molecule has 0 saturated carbocycles. The normalized spacial score (nSPS) is 19.0. The molecule has 2 N–H and O–H groups in total. The Morgan fingerprint density at radius 1 is 1.36 bits per heavy atom. The van der Waals surface area contributed by atoms with Crippen molar-refractivity contribution in [3.8, 4) is 0 Å². The highest BCUT2D eigenvalue weighted by atomic mass is 32.2. The van der Waals surface area contributed by atoms with Gasteiger partial charge in [0.05, 0.1) is 5.75 Å². The van der Waals surface area contributed by atoms with Crippen molar-refractivity contribution in [2.75, 3.05) is 30.1 Å². The van der Waals surface area contributed by atoms with Crippen LogP contribution in [0.4, 0.5) is 5.69 Å². The van der Waals surface area contributed by atoms with Crippen LogP contribution in [0.3, 0.4) is 0 Å². The van der Waals surface area contributed by atoms with Crippen molar-refractivity contribution in [3.05, 3.63) is 29.8 Å². The van der Waals surface area contributed by atoms with Crippen LogP contribution in [0.25, 0.3) is 0 Å². The van der Waals surface area contributed by atoms with Crippen molar-refractivity contribution in [2.24, 2.45) is 0 Å². The minimum atomic E-state index is -3.30. The first kappa shape index (κ1) is 16.8. The molecule has 1 fully saturated rings. The van der Waals surface area contributed by atoms with E-state index in [1.54, 1.807) is 24.3 Å². The largest absolute Gasteiger partial charge is 0.333 e. The van der Waals surface area contributed by atoms with Gasteiger partial charge in [-0.15, -0.1) is 0 Å². The Labute approximate surface area is 131 Å². The second kappa shape index (κ2) is 7.11. The van der Waals surface area contributed by atoms with Gasteiger partial charge in [-0.25, -0.2) is 8.42 Å². The van der Waals surface area contributed by atoms with Gasteiger partial charge in [0.2, 0.25) is 10.0 Å². The van der Waals surface area contributed by atoms with Crippen LogP contribution < -0.4 is 10.0 Å². The first-order valence-corrected chi connectivity index (χ1v) is 9.20. The summed E-state index contributed by atoms with van der Waals surface area (Å²) in [7, 11) is -3.30. The van der Waals surface area contributed by atoms with Crippen LogP contribution in [-0.4, -0.2) is 50.7 Å². The van der Waals surface area contributed by atoms with Crippen LogP contribution in [0.2, 0.25) is 0 Å². The van der Waals surface area contributed by atoms with Gasteiger partial charge in [0.25, 0.3) is 5.91 Å². The van der Waals surface area contributed by atoms with Gasteiger partial charge in [-0.2, -0.15) is 0 Å². The zero-order valence-corrected chi connectivity index (χ0v) is 13.8. The molecule has 0 aromatic heterocycles. The standard InChI is InChI=1S/C15H23N3O3S/c1-3-10-22(20,21)17-14-6-4-13(5-7-14)15(19)18-9-8-16-11-12(18)2/h4-7,12,16-17H,3,8-11H2,1-2H3. The molecule has 0 aliphatic carbocycles. The van der Waals surface area contributed by atoms with Crippen LogP contribution in [0.5, 0.6) is 0 Å². The Morgan fingerprint density at radius 3 is 2.64 bits per heavy atom. The van der Waals surface area contributed by atoms with Gasteiger partial charge in [-0.05, 0) is 37.6 Å². The van der Waals surface area contributed by atoms with E-state index in [0.717, 1.165) is 13.1 Å². The molecule has 1 aromatic carbocycles. The van der Waals surface area contributed by atoms with E-state index in [-0.39, 0.29) is 17.7 Å². The number of nitrogens with one attached hydrogen (secondary N) is 2. The minimum Gasteiger partial charge on any atom is -0.333 e. The first-order valence-electron chi connectivity index (χ1n) is 7.55. The Bertz CT molecular complexity index is 613. The summed E-state index contributed by atoms with van der Waals surface area (Å²) in [6.07, 6.45) is 0.562. The van der Waals surface area contributed by atoms with E-state index in [1.165, 1.54) is 0 Å². The molecule has 122 valence electrons. The fourth-order valence-corrected chi connectivity index (χ4v) is 3.62. The molecule has 1 atom stereocenters. The summed E-state index contributed by atoms with van der Waals surface area (Å²) < 4.78 is 25.9. The third-order valence-corrected chi connectivity index (χ3v) is 5.13. The smallest absolute Gasteiger partial charge is 0.254 e. The molecule has 0 spiro atoms. The molecule has 0 radical (unpaired) electrons. The zero-order chi connectivity index (χ0) is 16.2. The lowest BCUT2D eigenvalue weighted by atomic mass is 10.1. The summed E-state index contributed by atoms with van der Waals surface area (Å²) in [6.45, 7) is 6.10. The molecule has 1 unspecified atom stereocenters. The molecule has 2 rings (SSSR count). The van der Waals surface area contributed by atoms with Gasteiger partial charge < -0.3 is 10.2 Å². The maximum Gasteiger partial charge on any atom is 0.254 e. The summed E-state index contributed by atoms with van der Waals surface area (Å²) in [6, 6.07) is 6.76. The number of nitrogens with zero attached hydrogens (tertiary/aromatic N) is 1. The Kier molecular flexibility index (Phi) is 5.42. The highest BCUT2D eigenvalue weighted by molar-refractivity contribution is 7.92. The molecule has 1 aliphatic rings. The van der Waals surface area contributed by atoms with Crippen molar-refractivity contribution < 1.29 is 13.2 Å². The molecule has 1 aliphatic heterocycles. The van der Waals surface area contributed by atoms with Crippen LogP contribution >= 0.6 is 0 Å². The molecular formula is C15H23N3O3S. The highest BCUT2D eigenvalue weighted by Gasteiger charge is 2.23. The van der Waals surface area contributed by atoms with E-state index in [4.69, 9.17) is 0 Å². The fourth-order valence-electron chi connectivity index (χ4n) is 2.49. The molecule has 1 heterocycles. The fraction of sp³-hybridized carbons (Fsp3) is 0.533. The Morgan fingerprint density at radius 2 is 2.05 bits per heavy atom. The monoisotopic (exact) mass is 325 g/mol. The summed E-state index contributed by atoms with van der Waals surface area (Å²) >= 11 is 0. The van der Waals surface area contributed by atoms with Crippen LogP contribution in [0.15, 0.2) is 24.3 Å². The van der Waals surface area contributed by atoms with Crippen molar-refractivity contribution in [1.29, 1.82) is 0 Å². The van der Waals surface area contributed by atoms with Crippen LogP contribution in [0.1, 0.15) is 30.6 Å². The molecule has 22 heavy (non-hydrogen) atoms. The lowest BCUT2D eigenvalue weighted by Gasteiger charge is -2.34. The topological polar surface area (TPSA) is 78.5 Å². The van der Waals surface area contributed by atoms with E-state index >= 15 is 0 Å². The highest BCUT2D eigenvalue weighted by Crippen LogP contribution is 2.15. The first-order chi connectivity index (χ1) is 10.4. The third-order valence-electron chi connectivity index (χ3n) is 3.64. The van der Waals surface area contributed by atoms with Gasteiger partial charge in [0.1, 0.15) is 0 Å². The van der Waals surface area contributed by atoms with Crippen LogP contribution in [0, 0.1) is 0 Å². The van der Waals surface area contributed by atoms with E-state index in [0.29, 0.717) is 24.2 Å². The van der Waals surface area contributed by atoms with Gasteiger partial charge in [-0.1, -0.05) is 6.92 Å². The van der Waals surface area contributed by atoms with E-state index < -0.39 is 10.0 Å². The van der Waals surface area contributed by atoms with Gasteiger partial charge in [0, 0.05) is 36.9 Å². The predicted molar refractivity (Wildman–Crippen MR) is 87.5 cm³/mol. The maximum atomic E-state index is 12.5. The lowest BCUT2D eigenvalue weighted by Crippen LogP contribution is -2.52. The van der Waals surface area contributed by atoms with Crippen LogP contribution in [-0.2, 0) is 10.0 Å². The van der Waals surface area contributed by atoms with E-state index in [9.17, 15) is 13.2 Å². The SMILES string of the molecule is CCCS(=O)(=O)Nc1ccc(C(=O)N2CCNCC2C)cc1. The van der Waals surface area contributed by atoms with E-state index in [1.807, 2.05) is 18.7 Å². The number of carbonyl (C=O) groups is 1. The van der Waals surface area contributed by atoms with Crippen molar-refractivity contribution in [3.63, 3.8) is 0 Å². The Hall–Kier alpha value is -1.60. The van der Waals surface area contributed by atoms with Crippen molar-refractivity contribution in [2.45, 2.75) is 26.3 Å². The van der Waals surface area contributed by atoms with Crippen molar-refractivity contribution in [1.82, 2.24) is 10.2 Å². The van der Waals surface area contributed by atoms with Gasteiger partial charge >= 0.3 is 0 Å². The lowest BCUT2D eigenvalue weighted by molar-refractivity contribution is 0.0656. The van der Waals surface area contributed by atoms with Gasteiger partial charge in [-0.3, -0.25) is 9.52 Å². The molecule has 7 heteroatoms. The zero-order valence-electron chi connectivity index (χ0n) is 13.0. The average molecular weight is 325 g/mol. The predicted octanol–water partition coefficient (Wildman–Crippen LogP) is 1.27. The molecule has 0 bridgehead atoms. The van der Waals surface area contributed by atoms with Gasteiger partial charge in [0.15, 0.2) is 0 Å². The number of piperazine rings is 1. The second-order valence-corrected chi connectivity index (χ2v) is 7.39. The number of carbonyl (C=O) groups excluding carboxylic acids is 1. The third kappa shape index (κ3) is 4.20. The number of rotatable bonds is 5. The molecule has 1 saturated heterocycles. The summed E-state index contributed by atoms with van der Waals surface area (Å²) in [4.78, 5) is 14.3. The average Bonchev–Trinajstić information content (AvgIpc) is 2.47. The number of hydrogen-bond acceptors (Lipinski definition) is 4. The molecule has 1 amide bonds. The quantitative estimate of drug-likeness (QED) is 0.854. The minimum absolute atomic E-state index is 0.0167. The molecule has 1 aromatic rings. The second-order valence-electron chi connectivity index (χ2n) is 5.55. The number of sulfonamides is 1. The molecular weight excluding hydrogens is 302 g/mol. The Balaban J connectivity index is 2.06. The number of hydrogen-bond donors (Lipinski definition) is 2. The maximum absolute atomic E-state index is 12.5. The molecule has 6 nitrogen and oxygen atoms in total. The number of anilines is 1.